The summed E-state index contributed by atoms with van der Waals surface area (Å²) in [5, 5.41) is 13.2. The Morgan fingerprint density at radius 2 is 0.738 bits per heavy atom. The van der Waals surface area contributed by atoms with Gasteiger partial charge in [0.05, 0.1) is 11.2 Å². The molecule has 284 valence electrons. The van der Waals surface area contributed by atoms with Gasteiger partial charge in [-0.2, -0.15) is 0 Å². The van der Waals surface area contributed by atoms with Gasteiger partial charge in [-0.15, -0.1) is 0 Å². The Balaban J connectivity index is 1.19. The fraction of sp³-hybridized carbons (Fsp3) is 0. The average Bonchev–Trinajstić information content (AvgIpc) is 3.33. The molecule has 12 rings (SSSR count). The maximum absolute atomic E-state index is 5.38. The van der Waals surface area contributed by atoms with Crippen LogP contribution in [0.3, 0.4) is 0 Å². The number of para-hydroxylation sites is 2. The number of rotatable bonds is 6. The zero-order valence-corrected chi connectivity index (χ0v) is 33.3. The van der Waals surface area contributed by atoms with E-state index in [2.05, 4.69) is 235 Å². The molecule has 12 aromatic rings. The summed E-state index contributed by atoms with van der Waals surface area (Å²) in [5.41, 5.74) is 11.2. The maximum Gasteiger partial charge on any atom is 0.0787 e. The van der Waals surface area contributed by atoms with Crippen molar-refractivity contribution in [3.05, 3.63) is 231 Å². The first-order chi connectivity index (χ1) is 30.2. The van der Waals surface area contributed by atoms with E-state index in [1.54, 1.807) is 0 Å². The number of aromatic nitrogens is 1. The molecule has 0 radical (unpaired) electrons. The number of nitrogens with zero attached hydrogens (tertiary/aromatic N) is 2. The standard InChI is InChI=1S/C59H38N2/c1-3-18-48(19-4-1)61(49-20-5-2-6-21-49)50-31-33-53-55(38-50)58(47-28-24-40-14-8-10-17-44(40)36-47)52-32-29-45(37-54(52)57(53)46-27-23-39-13-7-9-16-43(39)35-46)56-34-30-42-26-25-41-15-11-12-22-51(41)59(42)60-56/h1-38H. The van der Waals surface area contributed by atoms with Gasteiger partial charge >= 0.3 is 0 Å². The third kappa shape index (κ3) is 6.00. The molecule has 0 bridgehead atoms. The highest BCUT2D eigenvalue weighted by atomic mass is 15.1. The molecule has 1 aromatic heterocycles. The quantitative estimate of drug-likeness (QED) is 0.124. The number of fused-ring (bicyclic) bond motifs is 7. The molecule has 61 heavy (non-hydrogen) atoms. The molecule has 0 aliphatic carbocycles. The van der Waals surface area contributed by atoms with Gasteiger partial charge in [0.2, 0.25) is 0 Å². The van der Waals surface area contributed by atoms with E-state index < -0.39 is 0 Å². The number of anilines is 3. The molecule has 0 aliphatic rings. The Hall–Kier alpha value is -8.07. The van der Waals surface area contributed by atoms with Crippen molar-refractivity contribution < 1.29 is 0 Å². The first-order valence-electron chi connectivity index (χ1n) is 20.9. The molecule has 0 unspecified atom stereocenters. The van der Waals surface area contributed by atoms with Crippen molar-refractivity contribution in [2.45, 2.75) is 0 Å². The summed E-state index contributed by atoms with van der Waals surface area (Å²) < 4.78 is 0. The van der Waals surface area contributed by atoms with Crippen LogP contribution in [0.2, 0.25) is 0 Å². The van der Waals surface area contributed by atoms with Crippen LogP contribution in [-0.2, 0) is 0 Å². The van der Waals surface area contributed by atoms with E-state index in [0.29, 0.717) is 0 Å². The lowest BCUT2D eigenvalue weighted by Gasteiger charge is -2.27. The fourth-order valence-electron chi connectivity index (χ4n) is 9.45. The SMILES string of the molecule is c1ccc(N(c2ccccc2)c2ccc3c(-c4ccc5ccccc5c4)c4cc(-c5ccc6ccc7ccccc7c6n5)ccc4c(-c4ccc5ccccc5c4)c3c2)cc1. The van der Waals surface area contributed by atoms with Crippen LogP contribution in [0.25, 0.3) is 98.3 Å². The highest BCUT2D eigenvalue weighted by Crippen LogP contribution is 2.48. The summed E-state index contributed by atoms with van der Waals surface area (Å²) in [6, 6.07) is 83.9. The topological polar surface area (TPSA) is 16.1 Å². The predicted molar refractivity (Wildman–Crippen MR) is 260 cm³/mol. The summed E-state index contributed by atoms with van der Waals surface area (Å²) in [5.74, 6) is 0. The molecule has 0 N–H and O–H groups in total. The van der Waals surface area contributed by atoms with Gasteiger partial charge in [0, 0.05) is 33.4 Å². The minimum absolute atomic E-state index is 0.958. The summed E-state index contributed by atoms with van der Waals surface area (Å²) in [4.78, 5) is 7.75. The lowest BCUT2D eigenvalue weighted by atomic mass is 9.84. The normalized spacial score (nSPS) is 11.6. The molecule has 0 aliphatic heterocycles. The zero-order chi connectivity index (χ0) is 40.3. The van der Waals surface area contributed by atoms with Crippen LogP contribution in [0.5, 0.6) is 0 Å². The van der Waals surface area contributed by atoms with E-state index in [0.717, 1.165) is 39.2 Å². The molecular formula is C59H38N2. The molecule has 2 heteroatoms. The third-order valence-electron chi connectivity index (χ3n) is 12.3. The molecule has 0 saturated carbocycles. The van der Waals surface area contributed by atoms with E-state index in [9.17, 15) is 0 Å². The van der Waals surface area contributed by atoms with E-state index in [1.807, 2.05) is 0 Å². The van der Waals surface area contributed by atoms with Gasteiger partial charge in [0.25, 0.3) is 0 Å². The van der Waals surface area contributed by atoms with Crippen molar-refractivity contribution in [3.63, 3.8) is 0 Å². The van der Waals surface area contributed by atoms with Crippen LogP contribution in [-0.4, -0.2) is 4.98 Å². The molecule has 2 nitrogen and oxygen atoms in total. The fourth-order valence-corrected chi connectivity index (χ4v) is 9.45. The van der Waals surface area contributed by atoms with E-state index in [1.165, 1.54) is 76.1 Å². The lowest BCUT2D eigenvalue weighted by molar-refractivity contribution is 1.29. The van der Waals surface area contributed by atoms with Crippen molar-refractivity contribution in [1.29, 1.82) is 0 Å². The Labute approximate surface area is 354 Å². The van der Waals surface area contributed by atoms with Gasteiger partial charge in [-0.05, 0) is 131 Å². The second kappa shape index (κ2) is 14.3. The molecular weight excluding hydrogens is 737 g/mol. The second-order valence-corrected chi connectivity index (χ2v) is 15.9. The van der Waals surface area contributed by atoms with Gasteiger partial charge in [-0.3, -0.25) is 0 Å². The molecule has 0 atom stereocenters. The van der Waals surface area contributed by atoms with Crippen molar-refractivity contribution >= 4 is 81.8 Å². The molecule has 0 spiro atoms. The molecule has 0 saturated heterocycles. The molecule has 0 fully saturated rings. The van der Waals surface area contributed by atoms with Crippen LogP contribution < -0.4 is 4.90 Å². The predicted octanol–water partition coefficient (Wildman–Crippen LogP) is 16.5. The summed E-state index contributed by atoms with van der Waals surface area (Å²) >= 11 is 0. The number of benzene rings is 11. The number of pyridine rings is 1. The van der Waals surface area contributed by atoms with E-state index in [-0.39, 0.29) is 0 Å². The van der Waals surface area contributed by atoms with Crippen molar-refractivity contribution in [1.82, 2.24) is 4.98 Å². The minimum Gasteiger partial charge on any atom is -0.310 e. The van der Waals surface area contributed by atoms with Crippen LogP contribution >= 0.6 is 0 Å². The van der Waals surface area contributed by atoms with Crippen molar-refractivity contribution in [3.8, 4) is 33.5 Å². The Morgan fingerprint density at radius 1 is 0.262 bits per heavy atom. The summed E-state index contributed by atoms with van der Waals surface area (Å²) in [6.45, 7) is 0. The first-order valence-corrected chi connectivity index (χ1v) is 20.9. The second-order valence-electron chi connectivity index (χ2n) is 15.9. The summed E-state index contributed by atoms with van der Waals surface area (Å²) in [7, 11) is 0. The van der Waals surface area contributed by atoms with Gasteiger partial charge in [-0.25, -0.2) is 4.98 Å². The van der Waals surface area contributed by atoms with Crippen LogP contribution in [0.1, 0.15) is 0 Å². The smallest absolute Gasteiger partial charge is 0.0787 e. The van der Waals surface area contributed by atoms with Crippen molar-refractivity contribution in [2.75, 3.05) is 4.90 Å². The highest BCUT2D eigenvalue weighted by Gasteiger charge is 2.21. The van der Waals surface area contributed by atoms with E-state index in [4.69, 9.17) is 4.98 Å². The van der Waals surface area contributed by atoms with Gasteiger partial charge in [-0.1, -0.05) is 170 Å². The highest BCUT2D eigenvalue weighted by molar-refractivity contribution is 6.23. The average molecular weight is 775 g/mol. The Morgan fingerprint density at radius 3 is 1.38 bits per heavy atom. The minimum atomic E-state index is 0.958. The van der Waals surface area contributed by atoms with E-state index >= 15 is 0 Å². The molecule has 1 heterocycles. The monoisotopic (exact) mass is 774 g/mol. The van der Waals surface area contributed by atoms with Gasteiger partial charge < -0.3 is 4.90 Å². The van der Waals surface area contributed by atoms with Gasteiger partial charge in [0.15, 0.2) is 0 Å². The third-order valence-corrected chi connectivity index (χ3v) is 12.3. The largest absolute Gasteiger partial charge is 0.310 e. The lowest BCUT2D eigenvalue weighted by Crippen LogP contribution is -2.09. The Kier molecular flexibility index (Phi) is 8.21. The van der Waals surface area contributed by atoms with Gasteiger partial charge in [0.1, 0.15) is 0 Å². The Bertz CT molecular complexity index is 3610. The number of hydrogen-bond donors (Lipinski definition) is 0. The zero-order valence-electron chi connectivity index (χ0n) is 33.3. The molecule has 0 amide bonds. The van der Waals surface area contributed by atoms with Crippen LogP contribution in [0, 0.1) is 0 Å². The maximum atomic E-state index is 5.38. The molecule has 11 aromatic carbocycles. The van der Waals surface area contributed by atoms with Crippen LogP contribution in [0.4, 0.5) is 17.1 Å². The number of hydrogen-bond acceptors (Lipinski definition) is 2. The van der Waals surface area contributed by atoms with Crippen molar-refractivity contribution in [2.24, 2.45) is 0 Å². The van der Waals surface area contributed by atoms with Crippen LogP contribution in [0.15, 0.2) is 231 Å². The summed E-state index contributed by atoms with van der Waals surface area (Å²) in [6.07, 6.45) is 0. The first kappa shape index (κ1) is 34.9.